The molecule has 0 aromatic heterocycles. The monoisotopic (exact) mass is 329 g/mol. The molecule has 5 heteroatoms. The summed E-state index contributed by atoms with van der Waals surface area (Å²) in [6, 6.07) is 6.14. The first-order valence-electron chi connectivity index (χ1n) is 6.29. The van der Waals surface area contributed by atoms with Crippen molar-refractivity contribution in [2.24, 2.45) is 5.84 Å². The van der Waals surface area contributed by atoms with E-state index in [1.165, 1.54) is 0 Å². The summed E-state index contributed by atoms with van der Waals surface area (Å²) in [5.74, 6) is 6.63. The summed E-state index contributed by atoms with van der Waals surface area (Å²) in [6.07, 6.45) is 0.796. The number of ether oxygens (including phenoxy) is 1. The molecule has 1 atom stereocenters. The zero-order valence-electron chi connectivity index (χ0n) is 12.3. The minimum absolute atomic E-state index is 0.0674. The number of hydrogen-bond acceptors (Lipinski definition) is 4. The van der Waals surface area contributed by atoms with Gasteiger partial charge in [0.2, 0.25) is 0 Å². The molecule has 19 heavy (non-hydrogen) atoms. The number of halogens is 1. The van der Waals surface area contributed by atoms with E-state index in [1.807, 2.05) is 12.1 Å². The quantitative estimate of drug-likeness (QED) is 0.620. The van der Waals surface area contributed by atoms with Crippen molar-refractivity contribution >= 4 is 15.9 Å². The number of nitrogens with zero attached hydrogens (tertiary/aromatic N) is 1. The van der Waals surface area contributed by atoms with Crippen molar-refractivity contribution in [3.8, 4) is 5.75 Å². The molecule has 0 saturated carbocycles. The summed E-state index contributed by atoms with van der Waals surface area (Å²) in [7, 11) is 5.81. The van der Waals surface area contributed by atoms with Crippen molar-refractivity contribution in [1.29, 1.82) is 0 Å². The van der Waals surface area contributed by atoms with E-state index in [0.29, 0.717) is 0 Å². The molecular weight excluding hydrogens is 306 g/mol. The van der Waals surface area contributed by atoms with Crippen molar-refractivity contribution < 1.29 is 4.74 Å². The zero-order chi connectivity index (χ0) is 14.6. The number of methoxy groups -OCH3 is 1. The van der Waals surface area contributed by atoms with Gasteiger partial charge in [-0.25, -0.2) is 0 Å². The van der Waals surface area contributed by atoms with E-state index in [9.17, 15) is 0 Å². The molecule has 1 aromatic carbocycles. The fourth-order valence-corrected chi connectivity index (χ4v) is 2.36. The Morgan fingerprint density at radius 2 is 2.05 bits per heavy atom. The summed E-state index contributed by atoms with van der Waals surface area (Å²) in [4.78, 5) is 2.17. The molecule has 108 valence electrons. The van der Waals surface area contributed by atoms with Gasteiger partial charge in [0.25, 0.3) is 0 Å². The second-order valence-corrected chi connectivity index (χ2v) is 6.34. The fourth-order valence-electron chi connectivity index (χ4n) is 1.95. The van der Waals surface area contributed by atoms with Gasteiger partial charge in [0.1, 0.15) is 5.75 Å². The Bertz CT molecular complexity index is 421. The smallest absolute Gasteiger partial charge is 0.122 e. The number of hydrogen-bond donors (Lipinski definition) is 2. The first-order valence-corrected chi connectivity index (χ1v) is 7.08. The van der Waals surface area contributed by atoms with E-state index < -0.39 is 0 Å². The Morgan fingerprint density at radius 1 is 1.42 bits per heavy atom. The molecule has 0 aliphatic rings. The average molecular weight is 330 g/mol. The van der Waals surface area contributed by atoms with Gasteiger partial charge in [0.05, 0.1) is 7.11 Å². The van der Waals surface area contributed by atoms with Crippen LogP contribution in [0.5, 0.6) is 5.75 Å². The van der Waals surface area contributed by atoms with Gasteiger partial charge < -0.3 is 9.64 Å². The molecule has 0 heterocycles. The number of hydrazine groups is 1. The first-order chi connectivity index (χ1) is 8.82. The largest absolute Gasteiger partial charge is 0.496 e. The predicted molar refractivity (Wildman–Crippen MR) is 83.3 cm³/mol. The van der Waals surface area contributed by atoms with Crippen molar-refractivity contribution in [2.75, 3.05) is 21.2 Å². The predicted octanol–water partition coefficient (Wildman–Crippen LogP) is 2.17. The van der Waals surface area contributed by atoms with Crippen molar-refractivity contribution in [1.82, 2.24) is 10.3 Å². The number of likely N-dealkylation sites (N-methyl/N-ethyl adjacent to an activating group) is 1. The van der Waals surface area contributed by atoms with E-state index in [1.54, 1.807) is 7.11 Å². The molecule has 1 unspecified atom stereocenters. The van der Waals surface area contributed by atoms with Gasteiger partial charge in [-0.1, -0.05) is 15.9 Å². The number of rotatable bonds is 6. The van der Waals surface area contributed by atoms with E-state index >= 15 is 0 Å². The molecule has 0 amide bonds. The van der Waals surface area contributed by atoms with Crippen LogP contribution >= 0.6 is 15.9 Å². The Hall–Kier alpha value is -0.620. The molecule has 0 fully saturated rings. The van der Waals surface area contributed by atoms with Crippen LogP contribution < -0.4 is 16.0 Å². The van der Waals surface area contributed by atoms with Crippen LogP contribution in [-0.4, -0.2) is 37.7 Å². The third-order valence-corrected chi connectivity index (χ3v) is 4.37. The molecule has 3 N–H and O–H groups in total. The van der Waals surface area contributed by atoms with Crippen LogP contribution in [0, 0.1) is 0 Å². The molecule has 0 spiro atoms. The Morgan fingerprint density at radius 3 is 2.53 bits per heavy atom. The second kappa shape index (κ2) is 6.70. The van der Waals surface area contributed by atoms with Crippen LogP contribution in [-0.2, 0) is 6.42 Å². The van der Waals surface area contributed by atoms with Gasteiger partial charge >= 0.3 is 0 Å². The number of nitrogens with one attached hydrogen (secondary N) is 1. The third kappa shape index (κ3) is 3.92. The highest BCUT2D eigenvalue weighted by Crippen LogP contribution is 2.27. The van der Waals surface area contributed by atoms with Crippen molar-refractivity contribution in [2.45, 2.75) is 31.8 Å². The number of benzene rings is 1. The molecule has 0 radical (unpaired) electrons. The lowest BCUT2D eigenvalue weighted by atomic mass is 9.88. The minimum atomic E-state index is -0.0674. The normalized spacial score (nSPS) is 13.7. The molecule has 0 saturated heterocycles. The van der Waals surface area contributed by atoms with Crippen LogP contribution in [0.25, 0.3) is 0 Å². The highest BCUT2D eigenvalue weighted by atomic mass is 79.9. The first kappa shape index (κ1) is 16.4. The van der Waals surface area contributed by atoms with E-state index in [4.69, 9.17) is 10.6 Å². The topological polar surface area (TPSA) is 50.5 Å². The van der Waals surface area contributed by atoms with Gasteiger partial charge in [-0.15, -0.1) is 0 Å². The maximum atomic E-state index is 5.74. The molecular formula is C14H24BrN3O. The van der Waals surface area contributed by atoms with Crippen molar-refractivity contribution in [3.05, 3.63) is 28.2 Å². The Labute approximate surface area is 124 Å². The van der Waals surface area contributed by atoms with Crippen LogP contribution in [0.15, 0.2) is 22.7 Å². The maximum absolute atomic E-state index is 5.74. The average Bonchev–Trinajstić information content (AvgIpc) is 2.35. The minimum Gasteiger partial charge on any atom is -0.496 e. The lowest BCUT2D eigenvalue weighted by molar-refractivity contribution is 0.137. The summed E-state index contributed by atoms with van der Waals surface area (Å²) < 4.78 is 6.46. The van der Waals surface area contributed by atoms with Crippen molar-refractivity contribution in [3.63, 3.8) is 0 Å². The lowest BCUT2D eigenvalue weighted by Gasteiger charge is -2.40. The highest BCUT2D eigenvalue weighted by Gasteiger charge is 2.31. The molecule has 0 bridgehead atoms. The summed E-state index contributed by atoms with van der Waals surface area (Å²) >= 11 is 3.50. The van der Waals surface area contributed by atoms with Gasteiger partial charge in [0, 0.05) is 16.1 Å². The standard InChI is InChI=1S/C14H24BrN3O/c1-14(2,18(3)4)13(17-16)9-10-8-11(15)6-7-12(10)19-5/h6-8,13,17H,9,16H2,1-5H3. The molecule has 1 aromatic rings. The van der Waals surface area contributed by atoms with Crippen LogP contribution in [0.2, 0.25) is 0 Å². The Balaban J connectivity index is 3.02. The third-order valence-electron chi connectivity index (χ3n) is 3.87. The van der Waals surface area contributed by atoms with Crippen LogP contribution in [0.3, 0.4) is 0 Å². The van der Waals surface area contributed by atoms with Gasteiger partial charge in [-0.2, -0.15) is 0 Å². The van der Waals surface area contributed by atoms with Crippen LogP contribution in [0.1, 0.15) is 19.4 Å². The van der Waals surface area contributed by atoms with E-state index in [2.05, 4.69) is 60.3 Å². The van der Waals surface area contributed by atoms with Crippen LogP contribution in [0.4, 0.5) is 0 Å². The summed E-state index contributed by atoms with van der Waals surface area (Å²) in [5, 5.41) is 0. The molecule has 1 rings (SSSR count). The zero-order valence-corrected chi connectivity index (χ0v) is 13.9. The van der Waals surface area contributed by atoms with E-state index in [0.717, 1.165) is 22.2 Å². The summed E-state index contributed by atoms with van der Waals surface area (Å²) in [6.45, 7) is 4.34. The lowest BCUT2D eigenvalue weighted by Crippen LogP contribution is -2.58. The van der Waals surface area contributed by atoms with Gasteiger partial charge in [-0.3, -0.25) is 11.3 Å². The summed E-state index contributed by atoms with van der Waals surface area (Å²) in [5.41, 5.74) is 4.00. The Kier molecular flexibility index (Phi) is 5.80. The SMILES string of the molecule is COc1ccc(Br)cc1CC(NN)C(C)(C)N(C)C. The second-order valence-electron chi connectivity index (χ2n) is 5.43. The van der Waals surface area contributed by atoms with Gasteiger partial charge in [-0.05, 0) is 58.1 Å². The highest BCUT2D eigenvalue weighted by molar-refractivity contribution is 9.10. The fraction of sp³-hybridized carbons (Fsp3) is 0.571. The molecule has 0 aliphatic carbocycles. The molecule has 4 nitrogen and oxygen atoms in total. The van der Waals surface area contributed by atoms with Gasteiger partial charge in [0.15, 0.2) is 0 Å². The maximum Gasteiger partial charge on any atom is 0.122 e. The molecule has 0 aliphatic heterocycles. The number of nitrogens with two attached hydrogens (primary N) is 1. The van der Waals surface area contributed by atoms with E-state index in [-0.39, 0.29) is 11.6 Å².